The molecule has 20 heavy (non-hydrogen) atoms. The van der Waals surface area contributed by atoms with E-state index < -0.39 is 0 Å². The maximum absolute atomic E-state index is 6.04. The zero-order valence-electron chi connectivity index (χ0n) is 12.0. The highest BCUT2D eigenvalue weighted by Gasteiger charge is 2.19. The summed E-state index contributed by atoms with van der Waals surface area (Å²) in [5.74, 6) is 1.48. The van der Waals surface area contributed by atoms with Crippen LogP contribution in [0, 0.1) is 6.92 Å². The molecule has 0 aliphatic rings. The zero-order valence-corrected chi connectivity index (χ0v) is 13.6. The second-order valence-electron chi connectivity index (χ2n) is 4.43. The van der Waals surface area contributed by atoms with Gasteiger partial charge in [0, 0.05) is 4.88 Å². The molecule has 5 heteroatoms. The molecular formula is C15H18ClNO2S. The van der Waals surface area contributed by atoms with Crippen molar-refractivity contribution in [2.24, 2.45) is 0 Å². The molecule has 0 bridgehead atoms. The maximum atomic E-state index is 6.04. The first-order chi connectivity index (χ1) is 9.60. The fraction of sp³-hybridized carbons (Fsp3) is 0.333. The number of rotatable bonds is 5. The molecule has 1 heterocycles. The van der Waals surface area contributed by atoms with Crippen LogP contribution in [0.4, 0.5) is 0 Å². The lowest BCUT2D eigenvalue weighted by Gasteiger charge is -2.20. The van der Waals surface area contributed by atoms with Gasteiger partial charge >= 0.3 is 0 Å². The quantitative estimate of drug-likeness (QED) is 0.904. The molecule has 1 atom stereocenters. The van der Waals surface area contributed by atoms with E-state index in [1.807, 2.05) is 31.3 Å². The van der Waals surface area contributed by atoms with E-state index in [1.54, 1.807) is 25.6 Å². The molecule has 1 aromatic carbocycles. The molecule has 0 radical (unpaired) electrons. The van der Waals surface area contributed by atoms with Crippen molar-refractivity contribution in [3.05, 3.63) is 44.6 Å². The molecule has 1 unspecified atom stereocenters. The van der Waals surface area contributed by atoms with Crippen molar-refractivity contribution < 1.29 is 9.47 Å². The Morgan fingerprint density at radius 3 is 2.30 bits per heavy atom. The summed E-state index contributed by atoms with van der Waals surface area (Å²) >= 11 is 7.62. The summed E-state index contributed by atoms with van der Waals surface area (Å²) in [5, 5.41) is 3.33. The van der Waals surface area contributed by atoms with Gasteiger partial charge in [0.15, 0.2) is 11.5 Å². The van der Waals surface area contributed by atoms with Crippen LogP contribution in [-0.4, -0.2) is 21.3 Å². The third-order valence-corrected chi connectivity index (χ3v) is 4.55. The van der Waals surface area contributed by atoms with E-state index in [0.717, 1.165) is 27.0 Å². The first kappa shape index (κ1) is 15.2. The Kier molecular flexibility index (Phi) is 4.91. The lowest BCUT2D eigenvalue weighted by Crippen LogP contribution is -2.17. The SMILES string of the molecule is CNC(c1ccc(Cl)s1)c1cc(OC)c(OC)cc1C. The molecular weight excluding hydrogens is 294 g/mol. The Bertz CT molecular complexity index is 598. The van der Waals surface area contributed by atoms with Crippen LogP contribution in [0.2, 0.25) is 4.34 Å². The Morgan fingerprint density at radius 2 is 1.80 bits per heavy atom. The monoisotopic (exact) mass is 311 g/mol. The van der Waals surface area contributed by atoms with Gasteiger partial charge in [-0.2, -0.15) is 0 Å². The molecule has 1 aromatic heterocycles. The second-order valence-corrected chi connectivity index (χ2v) is 6.17. The van der Waals surface area contributed by atoms with Crippen molar-refractivity contribution in [1.82, 2.24) is 5.32 Å². The van der Waals surface area contributed by atoms with Gasteiger partial charge in [-0.1, -0.05) is 11.6 Å². The number of aryl methyl sites for hydroxylation is 1. The number of benzene rings is 1. The highest BCUT2D eigenvalue weighted by Crippen LogP contribution is 2.37. The third-order valence-electron chi connectivity index (χ3n) is 3.25. The molecule has 0 aliphatic heterocycles. The van der Waals surface area contributed by atoms with E-state index in [-0.39, 0.29) is 6.04 Å². The van der Waals surface area contributed by atoms with Crippen LogP contribution >= 0.6 is 22.9 Å². The molecule has 1 N–H and O–H groups in total. The second kappa shape index (κ2) is 6.48. The van der Waals surface area contributed by atoms with Gasteiger partial charge in [0.05, 0.1) is 24.6 Å². The first-order valence-corrected chi connectivity index (χ1v) is 7.45. The van der Waals surface area contributed by atoms with Crippen LogP contribution in [0.15, 0.2) is 24.3 Å². The summed E-state index contributed by atoms with van der Waals surface area (Å²) in [7, 11) is 5.23. The summed E-state index contributed by atoms with van der Waals surface area (Å²) in [4.78, 5) is 1.17. The summed E-state index contributed by atoms with van der Waals surface area (Å²) < 4.78 is 11.5. The third kappa shape index (κ3) is 2.92. The van der Waals surface area contributed by atoms with Crippen LogP contribution in [0.3, 0.4) is 0 Å². The normalized spacial score (nSPS) is 12.2. The fourth-order valence-corrected chi connectivity index (χ4v) is 3.43. The van der Waals surface area contributed by atoms with Gasteiger partial charge in [-0.15, -0.1) is 11.3 Å². The van der Waals surface area contributed by atoms with E-state index in [0.29, 0.717) is 0 Å². The number of halogens is 1. The van der Waals surface area contributed by atoms with E-state index in [1.165, 1.54) is 4.88 Å². The first-order valence-electron chi connectivity index (χ1n) is 6.25. The Hall–Kier alpha value is -1.23. The van der Waals surface area contributed by atoms with E-state index >= 15 is 0 Å². The smallest absolute Gasteiger partial charge is 0.161 e. The minimum Gasteiger partial charge on any atom is -0.493 e. The van der Waals surface area contributed by atoms with Crippen molar-refractivity contribution in [1.29, 1.82) is 0 Å². The van der Waals surface area contributed by atoms with Crippen molar-refractivity contribution in [2.75, 3.05) is 21.3 Å². The van der Waals surface area contributed by atoms with Gasteiger partial charge < -0.3 is 14.8 Å². The van der Waals surface area contributed by atoms with Crippen LogP contribution in [-0.2, 0) is 0 Å². The number of thiophene rings is 1. The molecule has 0 saturated carbocycles. The summed E-state index contributed by atoms with van der Waals surface area (Å²) in [5.41, 5.74) is 2.30. The Balaban J connectivity index is 2.49. The lowest BCUT2D eigenvalue weighted by molar-refractivity contribution is 0.354. The highest BCUT2D eigenvalue weighted by atomic mass is 35.5. The average molecular weight is 312 g/mol. The number of ether oxygens (including phenoxy) is 2. The molecule has 0 spiro atoms. The topological polar surface area (TPSA) is 30.5 Å². The lowest BCUT2D eigenvalue weighted by atomic mass is 9.99. The van der Waals surface area contributed by atoms with E-state index in [9.17, 15) is 0 Å². The molecule has 0 amide bonds. The number of nitrogens with one attached hydrogen (secondary N) is 1. The predicted octanol–water partition coefficient (Wildman–Crippen LogP) is 4.04. The number of methoxy groups -OCH3 is 2. The van der Waals surface area contributed by atoms with Gasteiger partial charge in [0.2, 0.25) is 0 Å². The van der Waals surface area contributed by atoms with Gasteiger partial charge in [-0.3, -0.25) is 0 Å². The number of hydrogen-bond donors (Lipinski definition) is 1. The zero-order chi connectivity index (χ0) is 14.7. The summed E-state index contributed by atoms with van der Waals surface area (Å²) in [6.07, 6.45) is 0. The number of hydrogen-bond acceptors (Lipinski definition) is 4. The molecule has 3 nitrogen and oxygen atoms in total. The van der Waals surface area contributed by atoms with Gasteiger partial charge in [0.1, 0.15) is 0 Å². The molecule has 0 saturated heterocycles. The van der Waals surface area contributed by atoms with E-state index in [4.69, 9.17) is 21.1 Å². The van der Waals surface area contributed by atoms with Crippen molar-refractivity contribution in [3.63, 3.8) is 0 Å². The summed E-state index contributed by atoms with van der Waals surface area (Å²) in [6.45, 7) is 2.07. The molecule has 0 aliphatic carbocycles. The van der Waals surface area contributed by atoms with Gasteiger partial charge in [-0.25, -0.2) is 0 Å². The Morgan fingerprint density at radius 1 is 1.15 bits per heavy atom. The maximum Gasteiger partial charge on any atom is 0.161 e. The van der Waals surface area contributed by atoms with Crippen molar-refractivity contribution in [3.8, 4) is 11.5 Å². The molecule has 2 rings (SSSR count). The minimum absolute atomic E-state index is 0.0901. The van der Waals surface area contributed by atoms with Crippen molar-refractivity contribution >= 4 is 22.9 Å². The predicted molar refractivity (Wildman–Crippen MR) is 84.5 cm³/mol. The van der Waals surface area contributed by atoms with Gasteiger partial charge in [0.25, 0.3) is 0 Å². The van der Waals surface area contributed by atoms with Crippen LogP contribution in [0.25, 0.3) is 0 Å². The average Bonchev–Trinajstić information content (AvgIpc) is 2.87. The molecule has 2 aromatic rings. The summed E-state index contributed by atoms with van der Waals surface area (Å²) in [6, 6.07) is 8.07. The largest absolute Gasteiger partial charge is 0.493 e. The van der Waals surface area contributed by atoms with Crippen LogP contribution in [0.5, 0.6) is 11.5 Å². The molecule has 0 fully saturated rings. The van der Waals surface area contributed by atoms with Crippen molar-refractivity contribution in [2.45, 2.75) is 13.0 Å². The van der Waals surface area contributed by atoms with Gasteiger partial charge in [-0.05, 0) is 49.4 Å². The highest BCUT2D eigenvalue weighted by molar-refractivity contribution is 7.16. The van der Waals surface area contributed by atoms with E-state index in [2.05, 4.69) is 12.2 Å². The Labute approximate surface area is 128 Å². The molecule has 108 valence electrons. The standard InChI is InChI=1S/C15H18ClNO2S/c1-9-7-11(18-3)12(19-4)8-10(9)15(17-2)13-5-6-14(16)20-13/h5-8,15,17H,1-4H3. The van der Waals surface area contributed by atoms with Crippen LogP contribution in [0.1, 0.15) is 22.0 Å². The fourth-order valence-electron chi connectivity index (χ4n) is 2.24. The van der Waals surface area contributed by atoms with Crippen LogP contribution < -0.4 is 14.8 Å². The minimum atomic E-state index is 0.0901.